The number of hydrogen-bond donors (Lipinski definition) is 1. The van der Waals surface area contributed by atoms with Crippen molar-refractivity contribution in [2.45, 2.75) is 6.92 Å². The molecule has 0 aliphatic carbocycles. The molecule has 5 nitrogen and oxygen atoms in total. The first-order valence-electron chi connectivity index (χ1n) is 9.59. The fraction of sp³-hybridized carbons (Fsp3) is 0.0833. The van der Waals surface area contributed by atoms with Crippen molar-refractivity contribution in [1.82, 2.24) is 9.78 Å². The predicted octanol–water partition coefficient (Wildman–Crippen LogP) is 6.94. The largest absolute Gasteiger partial charge is 0.481 e. The summed E-state index contributed by atoms with van der Waals surface area (Å²) in [5.74, 6) is -0.685. The summed E-state index contributed by atoms with van der Waals surface area (Å²) in [4.78, 5) is 11.1. The van der Waals surface area contributed by atoms with Crippen molar-refractivity contribution in [3.63, 3.8) is 0 Å². The molecule has 0 amide bonds. The number of rotatable bonds is 6. The van der Waals surface area contributed by atoms with Crippen molar-refractivity contribution < 1.29 is 14.6 Å². The van der Waals surface area contributed by atoms with Crippen LogP contribution in [0.15, 0.2) is 66.7 Å². The molecule has 4 rings (SSSR count). The number of aryl methyl sites for hydroxylation is 1. The fourth-order valence-electron chi connectivity index (χ4n) is 3.23. The minimum atomic E-state index is -1.07. The van der Waals surface area contributed by atoms with Crippen molar-refractivity contribution in [2.75, 3.05) is 6.61 Å². The lowest BCUT2D eigenvalue weighted by molar-refractivity contribution is -0.139. The molecule has 0 aliphatic rings. The van der Waals surface area contributed by atoms with Gasteiger partial charge in [-0.3, -0.25) is 0 Å². The summed E-state index contributed by atoms with van der Waals surface area (Å²) in [5, 5.41) is 15.6. The highest BCUT2D eigenvalue weighted by Gasteiger charge is 2.18. The fourth-order valence-corrected chi connectivity index (χ4v) is 3.65. The molecule has 0 radical (unpaired) electrons. The molecule has 0 bridgehead atoms. The van der Waals surface area contributed by atoms with E-state index in [0.717, 1.165) is 22.5 Å². The maximum atomic E-state index is 11.1. The summed E-state index contributed by atoms with van der Waals surface area (Å²) in [6.45, 7) is 1.35. The van der Waals surface area contributed by atoms with E-state index >= 15 is 0 Å². The van der Waals surface area contributed by atoms with Crippen LogP contribution in [0, 0.1) is 6.92 Å². The zero-order chi connectivity index (χ0) is 22.8. The molecule has 0 spiro atoms. The molecule has 1 N–H and O–H groups in total. The van der Waals surface area contributed by atoms with E-state index in [-0.39, 0.29) is 0 Å². The standard InChI is InChI=1S/C24H17Cl3N2O3/c1-14-10-23(32-13-24(30)31)19(11-20(14)27)21-12-22(15-2-4-16(25)5-3-15)29(28-21)18-8-6-17(26)7-9-18/h2-12H,13H2,1H3,(H,30,31). The second-order valence-corrected chi connectivity index (χ2v) is 8.37. The smallest absolute Gasteiger partial charge is 0.341 e. The Morgan fingerprint density at radius 1 is 0.969 bits per heavy atom. The molecule has 3 aromatic carbocycles. The highest BCUT2D eigenvalue weighted by atomic mass is 35.5. The monoisotopic (exact) mass is 486 g/mol. The number of ether oxygens (including phenoxy) is 1. The molecule has 0 aliphatic heterocycles. The number of aliphatic carboxylic acids is 1. The molecule has 0 unspecified atom stereocenters. The van der Waals surface area contributed by atoms with Crippen molar-refractivity contribution in [2.24, 2.45) is 0 Å². The van der Waals surface area contributed by atoms with Gasteiger partial charge in [-0.2, -0.15) is 5.10 Å². The molecule has 32 heavy (non-hydrogen) atoms. The summed E-state index contributed by atoms with van der Waals surface area (Å²) in [6.07, 6.45) is 0. The first-order valence-corrected chi connectivity index (χ1v) is 10.7. The minimum absolute atomic E-state index is 0.387. The van der Waals surface area contributed by atoms with Crippen molar-refractivity contribution >= 4 is 40.8 Å². The lowest BCUT2D eigenvalue weighted by Gasteiger charge is -2.11. The highest BCUT2D eigenvalue weighted by Crippen LogP contribution is 2.37. The van der Waals surface area contributed by atoms with Gasteiger partial charge in [0.05, 0.1) is 17.1 Å². The number of halogens is 3. The van der Waals surface area contributed by atoms with E-state index in [1.54, 1.807) is 41.1 Å². The topological polar surface area (TPSA) is 64.3 Å². The van der Waals surface area contributed by atoms with Gasteiger partial charge in [0, 0.05) is 26.2 Å². The van der Waals surface area contributed by atoms with Crippen LogP contribution >= 0.6 is 34.8 Å². The molecule has 0 saturated heterocycles. The van der Waals surface area contributed by atoms with Crippen LogP contribution in [0.5, 0.6) is 5.75 Å². The van der Waals surface area contributed by atoms with E-state index in [9.17, 15) is 4.79 Å². The summed E-state index contributed by atoms with van der Waals surface area (Å²) in [7, 11) is 0. The van der Waals surface area contributed by atoms with Crippen LogP contribution in [0.3, 0.4) is 0 Å². The van der Waals surface area contributed by atoms with E-state index < -0.39 is 12.6 Å². The van der Waals surface area contributed by atoms with Crippen LogP contribution in [0.1, 0.15) is 5.56 Å². The Morgan fingerprint density at radius 3 is 2.22 bits per heavy atom. The van der Waals surface area contributed by atoms with E-state index in [1.165, 1.54) is 0 Å². The maximum Gasteiger partial charge on any atom is 0.341 e. The molecule has 1 aromatic heterocycles. The summed E-state index contributed by atoms with van der Waals surface area (Å²) < 4.78 is 7.32. The summed E-state index contributed by atoms with van der Waals surface area (Å²) >= 11 is 18.5. The van der Waals surface area contributed by atoms with Crippen LogP contribution in [0.2, 0.25) is 15.1 Å². The van der Waals surface area contributed by atoms with Crippen LogP contribution in [0.4, 0.5) is 0 Å². The number of carboxylic acids is 1. The van der Waals surface area contributed by atoms with Gasteiger partial charge in [-0.05, 0) is 67.1 Å². The maximum absolute atomic E-state index is 11.1. The van der Waals surface area contributed by atoms with Gasteiger partial charge in [-0.15, -0.1) is 0 Å². The van der Waals surface area contributed by atoms with Crippen LogP contribution in [-0.2, 0) is 4.79 Å². The Bertz CT molecular complexity index is 1220. The highest BCUT2D eigenvalue weighted by molar-refractivity contribution is 6.32. The normalized spacial score (nSPS) is 10.9. The molecular weight excluding hydrogens is 471 g/mol. The first kappa shape index (κ1) is 22.2. The Labute approximate surface area is 199 Å². The summed E-state index contributed by atoms with van der Waals surface area (Å²) in [6, 6.07) is 20.1. The van der Waals surface area contributed by atoms with Crippen LogP contribution in [-0.4, -0.2) is 27.5 Å². The van der Waals surface area contributed by atoms with Gasteiger partial charge in [0.1, 0.15) is 5.75 Å². The van der Waals surface area contributed by atoms with Gasteiger partial charge in [-0.1, -0.05) is 46.9 Å². The average molecular weight is 488 g/mol. The van der Waals surface area contributed by atoms with Crippen LogP contribution in [0.25, 0.3) is 28.2 Å². The first-order chi connectivity index (χ1) is 15.3. The van der Waals surface area contributed by atoms with Crippen molar-refractivity contribution in [1.29, 1.82) is 0 Å². The van der Waals surface area contributed by atoms with E-state index in [0.29, 0.717) is 32.1 Å². The Morgan fingerprint density at radius 2 is 1.59 bits per heavy atom. The minimum Gasteiger partial charge on any atom is -0.481 e. The molecule has 4 aromatic rings. The van der Waals surface area contributed by atoms with E-state index in [1.807, 2.05) is 37.3 Å². The SMILES string of the molecule is Cc1cc(OCC(=O)O)c(-c2cc(-c3ccc(Cl)cc3)n(-c3ccc(Cl)cc3)n2)cc1Cl. The average Bonchev–Trinajstić information content (AvgIpc) is 3.20. The van der Waals surface area contributed by atoms with Gasteiger partial charge in [0.15, 0.2) is 6.61 Å². The third kappa shape index (κ3) is 4.75. The van der Waals surface area contributed by atoms with Crippen LogP contribution < -0.4 is 4.74 Å². The second-order valence-electron chi connectivity index (χ2n) is 7.09. The van der Waals surface area contributed by atoms with E-state index in [4.69, 9.17) is 49.7 Å². The number of carbonyl (C=O) groups is 1. The lowest BCUT2D eigenvalue weighted by Crippen LogP contribution is -2.10. The Kier molecular flexibility index (Phi) is 6.42. The van der Waals surface area contributed by atoms with Gasteiger partial charge in [0.25, 0.3) is 0 Å². The number of benzene rings is 3. The lowest BCUT2D eigenvalue weighted by atomic mass is 10.1. The Hall–Kier alpha value is -2.99. The quantitative estimate of drug-likeness (QED) is 0.320. The Balaban J connectivity index is 1.90. The molecule has 0 atom stereocenters. The molecule has 0 saturated carbocycles. The predicted molar refractivity (Wildman–Crippen MR) is 127 cm³/mol. The van der Waals surface area contributed by atoms with Crippen molar-refractivity contribution in [3.05, 3.63) is 87.4 Å². The van der Waals surface area contributed by atoms with E-state index in [2.05, 4.69) is 0 Å². The van der Waals surface area contributed by atoms with Crippen molar-refractivity contribution in [3.8, 4) is 34.0 Å². The van der Waals surface area contributed by atoms with Gasteiger partial charge >= 0.3 is 5.97 Å². The van der Waals surface area contributed by atoms with Gasteiger partial charge in [0.2, 0.25) is 0 Å². The number of aromatic nitrogens is 2. The second kappa shape index (κ2) is 9.25. The van der Waals surface area contributed by atoms with Gasteiger partial charge in [-0.25, -0.2) is 9.48 Å². The molecular formula is C24H17Cl3N2O3. The number of carboxylic acid groups (broad SMARTS) is 1. The van der Waals surface area contributed by atoms with Gasteiger partial charge < -0.3 is 9.84 Å². The third-order valence-corrected chi connectivity index (χ3v) is 5.72. The number of hydrogen-bond acceptors (Lipinski definition) is 3. The molecule has 1 heterocycles. The molecule has 162 valence electrons. The third-order valence-electron chi connectivity index (χ3n) is 4.81. The molecule has 0 fully saturated rings. The molecule has 8 heteroatoms. The zero-order valence-corrected chi connectivity index (χ0v) is 19.1. The zero-order valence-electron chi connectivity index (χ0n) is 16.8. The number of nitrogens with zero attached hydrogens (tertiary/aromatic N) is 2. The summed E-state index contributed by atoms with van der Waals surface area (Å²) in [5.41, 5.74) is 4.44.